The van der Waals surface area contributed by atoms with E-state index in [-0.39, 0.29) is 0 Å². The van der Waals surface area contributed by atoms with E-state index >= 15 is 0 Å². The van der Waals surface area contributed by atoms with Crippen LogP contribution in [0.4, 0.5) is 0 Å². The zero-order valence-corrected chi connectivity index (χ0v) is 16.5. The summed E-state index contributed by atoms with van der Waals surface area (Å²) in [6.07, 6.45) is 4.85. The first-order valence-corrected chi connectivity index (χ1v) is 9.90. The molecule has 0 spiro atoms. The van der Waals surface area contributed by atoms with Gasteiger partial charge < -0.3 is 0 Å². The van der Waals surface area contributed by atoms with Gasteiger partial charge in [0.2, 0.25) is 0 Å². The van der Waals surface area contributed by atoms with Gasteiger partial charge in [-0.25, -0.2) is 0 Å². The molecule has 1 aliphatic rings. The number of rotatable bonds is 3. The minimum absolute atomic E-state index is 1.05. The van der Waals surface area contributed by atoms with Crippen LogP contribution in [0.15, 0.2) is 110 Å². The fourth-order valence-electron chi connectivity index (χ4n) is 3.82. The predicted octanol–water partition coefficient (Wildman–Crippen LogP) is 7.90. The Balaban J connectivity index is 0.000000142. The number of benzene rings is 4. The first-order valence-electron chi connectivity index (χ1n) is 9.90. The Morgan fingerprint density at radius 1 is 0.552 bits per heavy atom. The third kappa shape index (κ3) is 3.97. The van der Waals surface area contributed by atoms with Gasteiger partial charge in [-0.1, -0.05) is 122 Å². The third-order valence-corrected chi connectivity index (χ3v) is 5.36. The van der Waals surface area contributed by atoms with Gasteiger partial charge in [0, 0.05) is 0 Å². The van der Waals surface area contributed by atoms with Crippen molar-refractivity contribution in [3.8, 4) is 22.3 Å². The summed E-state index contributed by atoms with van der Waals surface area (Å²) >= 11 is 0. The molecule has 5 rings (SSSR count). The van der Waals surface area contributed by atoms with Crippen LogP contribution in [0.25, 0.3) is 34.4 Å². The second-order valence-corrected chi connectivity index (χ2v) is 7.10. The van der Waals surface area contributed by atoms with Crippen LogP contribution in [-0.2, 0) is 6.42 Å². The molecule has 0 saturated carbocycles. The van der Waals surface area contributed by atoms with Gasteiger partial charge in [-0.15, -0.1) is 0 Å². The van der Waals surface area contributed by atoms with E-state index in [0.717, 1.165) is 12.0 Å². The Bertz CT molecular complexity index is 1130. The van der Waals surface area contributed by atoms with Crippen LogP contribution in [0.2, 0.25) is 0 Å². The smallest absolute Gasteiger partial charge is 0.000751 e. The summed E-state index contributed by atoms with van der Waals surface area (Å²) in [6, 6.07) is 33.8. The van der Waals surface area contributed by atoms with E-state index in [0.29, 0.717) is 0 Å². The zero-order valence-electron chi connectivity index (χ0n) is 16.5. The molecule has 4 aromatic carbocycles. The van der Waals surface area contributed by atoms with E-state index in [4.69, 9.17) is 0 Å². The summed E-state index contributed by atoms with van der Waals surface area (Å²) in [5.74, 6) is 0. The maximum Gasteiger partial charge on any atom is -0.000751 e. The predicted molar refractivity (Wildman–Crippen MR) is 127 cm³/mol. The quantitative estimate of drug-likeness (QED) is 0.302. The van der Waals surface area contributed by atoms with E-state index in [1.807, 2.05) is 18.2 Å². The van der Waals surface area contributed by atoms with Crippen molar-refractivity contribution in [3.63, 3.8) is 0 Å². The molecule has 0 heterocycles. The number of fused-ring (bicyclic) bond motifs is 3. The first-order chi connectivity index (χ1) is 14.3. The van der Waals surface area contributed by atoms with Crippen molar-refractivity contribution < 1.29 is 0 Å². The van der Waals surface area contributed by atoms with Crippen molar-refractivity contribution in [2.75, 3.05) is 0 Å². The van der Waals surface area contributed by atoms with Gasteiger partial charge in [-0.2, -0.15) is 0 Å². The van der Waals surface area contributed by atoms with Crippen LogP contribution < -0.4 is 0 Å². The summed E-state index contributed by atoms with van der Waals surface area (Å²) < 4.78 is 0. The second-order valence-electron chi connectivity index (χ2n) is 7.10. The van der Waals surface area contributed by atoms with Crippen LogP contribution in [0, 0.1) is 0 Å². The third-order valence-electron chi connectivity index (χ3n) is 5.36. The van der Waals surface area contributed by atoms with Crippen LogP contribution in [0.5, 0.6) is 0 Å². The van der Waals surface area contributed by atoms with E-state index in [2.05, 4.69) is 104 Å². The molecular formula is C29H24. The highest BCUT2D eigenvalue weighted by Crippen LogP contribution is 2.38. The van der Waals surface area contributed by atoms with Crippen molar-refractivity contribution >= 4 is 12.2 Å². The highest BCUT2D eigenvalue weighted by molar-refractivity contribution is 5.80. The maximum atomic E-state index is 3.87. The molecule has 0 aromatic heterocycles. The van der Waals surface area contributed by atoms with Gasteiger partial charge in [0.15, 0.2) is 0 Å². The monoisotopic (exact) mass is 372 g/mol. The van der Waals surface area contributed by atoms with E-state index in [1.165, 1.54) is 38.9 Å². The van der Waals surface area contributed by atoms with Gasteiger partial charge in [-0.05, 0) is 50.9 Å². The van der Waals surface area contributed by atoms with Gasteiger partial charge in [0.05, 0.1) is 0 Å². The van der Waals surface area contributed by atoms with Crippen molar-refractivity contribution in [2.45, 2.75) is 6.42 Å². The Labute approximate surface area is 173 Å². The van der Waals surface area contributed by atoms with Crippen LogP contribution >= 0.6 is 0 Å². The SMILES string of the molecule is C=Cc1ccc(-c2ccccc2)cc1.C=Cc1cccc2c1Cc1ccccc1-2. The molecule has 0 aliphatic heterocycles. The Hall–Kier alpha value is -3.64. The first kappa shape index (κ1) is 18.7. The lowest BCUT2D eigenvalue weighted by molar-refractivity contribution is 1.25. The molecule has 140 valence electrons. The molecule has 0 saturated heterocycles. The van der Waals surface area contributed by atoms with Crippen molar-refractivity contribution in [2.24, 2.45) is 0 Å². The van der Waals surface area contributed by atoms with Crippen LogP contribution in [-0.4, -0.2) is 0 Å². The fourth-order valence-corrected chi connectivity index (χ4v) is 3.82. The summed E-state index contributed by atoms with van der Waals surface area (Å²) in [5, 5.41) is 0. The lowest BCUT2D eigenvalue weighted by atomic mass is 10.0. The molecule has 0 nitrogen and oxygen atoms in total. The normalized spacial score (nSPS) is 10.9. The lowest BCUT2D eigenvalue weighted by Crippen LogP contribution is -1.84. The van der Waals surface area contributed by atoms with Gasteiger partial charge >= 0.3 is 0 Å². The summed E-state index contributed by atoms with van der Waals surface area (Å²) in [7, 11) is 0. The lowest BCUT2D eigenvalue weighted by Gasteiger charge is -2.03. The molecule has 0 unspecified atom stereocenters. The van der Waals surface area contributed by atoms with Crippen LogP contribution in [0.1, 0.15) is 22.3 Å². The molecule has 29 heavy (non-hydrogen) atoms. The Kier molecular flexibility index (Phi) is 5.54. The molecule has 4 aromatic rings. The minimum Gasteiger partial charge on any atom is -0.0985 e. The molecule has 0 N–H and O–H groups in total. The Morgan fingerprint density at radius 2 is 1.21 bits per heavy atom. The summed E-state index contributed by atoms with van der Waals surface area (Å²) in [4.78, 5) is 0. The zero-order chi connectivity index (χ0) is 20.1. The molecule has 0 bridgehead atoms. The van der Waals surface area contributed by atoms with Gasteiger partial charge in [0.1, 0.15) is 0 Å². The van der Waals surface area contributed by atoms with Crippen molar-refractivity contribution in [3.05, 3.63) is 132 Å². The van der Waals surface area contributed by atoms with Crippen LogP contribution in [0.3, 0.4) is 0 Å². The molecule has 0 atom stereocenters. The minimum atomic E-state index is 1.05. The van der Waals surface area contributed by atoms with E-state index in [1.54, 1.807) is 0 Å². The maximum absolute atomic E-state index is 3.87. The molecule has 0 heteroatoms. The molecule has 0 radical (unpaired) electrons. The second kappa shape index (κ2) is 8.58. The van der Waals surface area contributed by atoms with E-state index in [9.17, 15) is 0 Å². The fraction of sp³-hybridized carbons (Fsp3) is 0.0345. The number of hydrogen-bond acceptors (Lipinski definition) is 0. The van der Waals surface area contributed by atoms with Crippen molar-refractivity contribution in [1.29, 1.82) is 0 Å². The molecule has 0 fully saturated rings. The van der Waals surface area contributed by atoms with Gasteiger partial charge in [-0.3, -0.25) is 0 Å². The summed E-state index contributed by atoms with van der Waals surface area (Å²) in [6.45, 7) is 7.60. The standard InChI is InChI=1S/C15H12.C14H12/c1-2-11-7-5-9-14-13-8-4-3-6-12(13)10-15(11)14;1-2-12-8-10-14(11-9-12)13-6-4-3-5-7-13/h2-9H,1,10H2;2-11H,1H2. The summed E-state index contributed by atoms with van der Waals surface area (Å²) in [5.41, 5.74) is 10.5. The molecular weight excluding hydrogens is 348 g/mol. The highest BCUT2D eigenvalue weighted by atomic mass is 14.2. The molecule has 0 amide bonds. The number of hydrogen-bond donors (Lipinski definition) is 0. The Morgan fingerprint density at radius 3 is 1.93 bits per heavy atom. The molecule has 1 aliphatic carbocycles. The average Bonchev–Trinajstić information content (AvgIpc) is 3.19. The van der Waals surface area contributed by atoms with E-state index < -0.39 is 0 Å². The average molecular weight is 373 g/mol. The van der Waals surface area contributed by atoms with Crippen molar-refractivity contribution in [1.82, 2.24) is 0 Å². The van der Waals surface area contributed by atoms with Gasteiger partial charge in [0.25, 0.3) is 0 Å². The topological polar surface area (TPSA) is 0 Å². The highest BCUT2D eigenvalue weighted by Gasteiger charge is 2.18. The largest absolute Gasteiger partial charge is 0.0985 e.